The van der Waals surface area contributed by atoms with E-state index >= 15 is 0 Å². The Kier molecular flexibility index (Phi) is 5.15. The molecule has 3 rings (SSSR count). The minimum absolute atomic E-state index is 0.723. The quantitative estimate of drug-likeness (QED) is 0.460. The summed E-state index contributed by atoms with van der Waals surface area (Å²) in [6.45, 7) is 0. The Morgan fingerprint density at radius 1 is 0.750 bits per heavy atom. The summed E-state index contributed by atoms with van der Waals surface area (Å²) in [4.78, 5) is 0. The molecule has 0 aliphatic rings. The van der Waals surface area contributed by atoms with E-state index in [4.69, 9.17) is 5.73 Å². The lowest BCUT2D eigenvalue weighted by Crippen LogP contribution is -1.82. The summed E-state index contributed by atoms with van der Waals surface area (Å²) in [7, 11) is 0. The standard InChI is InChI=1S/C21H19N3/c22-19-13-15-20(16-14-19)23-24-21-12-5-4-10-18(21)11-6-9-17-7-2-1-3-8-17/h1-10,12-16H,11,22H2. The molecule has 0 saturated heterocycles. The van der Waals surface area contributed by atoms with Crippen LogP contribution in [0.5, 0.6) is 0 Å². The summed E-state index contributed by atoms with van der Waals surface area (Å²) < 4.78 is 0. The lowest BCUT2D eigenvalue weighted by Gasteiger charge is -2.01. The first kappa shape index (κ1) is 15.7. The third-order valence-corrected chi connectivity index (χ3v) is 3.61. The van der Waals surface area contributed by atoms with Crippen molar-refractivity contribution in [2.45, 2.75) is 6.42 Å². The molecule has 118 valence electrons. The first-order chi connectivity index (χ1) is 11.8. The molecule has 0 saturated carbocycles. The molecule has 0 aliphatic carbocycles. The van der Waals surface area contributed by atoms with Crippen LogP contribution >= 0.6 is 0 Å². The smallest absolute Gasteiger partial charge is 0.0892 e. The average molecular weight is 313 g/mol. The van der Waals surface area contributed by atoms with Crippen molar-refractivity contribution >= 4 is 23.1 Å². The van der Waals surface area contributed by atoms with E-state index in [2.05, 4.69) is 40.6 Å². The van der Waals surface area contributed by atoms with E-state index in [0.717, 1.165) is 29.0 Å². The lowest BCUT2D eigenvalue weighted by molar-refractivity contribution is 1.17. The van der Waals surface area contributed by atoms with Crippen LogP contribution in [0, 0.1) is 0 Å². The number of rotatable bonds is 5. The van der Waals surface area contributed by atoms with Gasteiger partial charge in [-0.25, -0.2) is 0 Å². The van der Waals surface area contributed by atoms with Crippen LogP contribution < -0.4 is 5.73 Å². The third-order valence-electron chi connectivity index (χ3n) is 3.61. The van der Waals surface area contributed by atoms with Crippen LogP contribution in [0.1, 0.15) is 11.1 Å². The van der Waals surface area contributed by atoms with Crippen molar-refractivity contribution in [1.82, 2.24) is 0 Å². The number of azo groups is 1. The summed E-state index contributed by atoms with van der Waals surface area (Å²) in [5.74, 6) is 0. The van der Waals surface area contributed by atoms with Gasteiger partial charge >= 0.3 is 0 Å². The van der Waals surface area contributed by atoms with Crippen LogP contribution in [0.2, 0.25) is 0 Å². The maximum atomic E-state index is 5.68. The van der Waals surface area contributed by atoms with Crippen molar-refractivity contribution in [3.8, 4) is 0 Å². The first-order valence-corrected chi connectivity index (χ1v) is 7.88. The summed E-state index contributed by atoms with van der Waals surface area (Å²) in [6, 6.07) is 25.7. The Hall–Kier alpha value is -3.20. The van der Waals surface area contributed by atoms with Gasteiger partial charge in [-0.1, -0.05) is 60.7 Å². The topological polar surface area (TPSA) is 50.7 Å². The monoisotopic (exact) mass is 313 g/mol. The third kappa shape index (κ3) is 4.40. The summed E-state index contributed by atoms with van der Waals surface area (Å²) in [5.41, 5.74) is 10.4. The fourth-order valence-electron chi connectivity index (χ4n) is 2.32. The minimum Gasteiger partial charge on any atom is -0.399 e. The van der Waals surface area contributed by atoms with Crippen molar-refractivity contribution in [3.05, 3.63) is 96.1 Å². The van der Waals surface area contributed by atoms with Gasteiger partial charge in [-0.05, 0) is 47.9 Å². The molecule has 0 unspecified atom stereocenters. The molecule has 2 N–H and O–H groups in total. The van der Waals surface area contributed by atoms with E-state index in [1.807, 2.05) is 60.7 Å². The maximum Gasteiger partial charge on any atom is 0.0892 e. The number of anilines is 1. The van der Waals surface area contributed by atoms with Crippen LogP contribution in [0.3, 0.4) is 0 Å². The van der Waals surface area contributed by atoms with Gasteiger partial charge in [0.1, 0.15) is 0 Å². The van der Waals surface area contributed by atoms with E-state index in [-0.39, 0.29) is 0 Å². The van der Waals surface area contributed by atoms with Crippen LogP contribution in [0.15, 0.2) is 95.2 Å². The number of nitrogens with two attached hydrogens (primary N) is 1. The second kappa shape index (κ2) is 7.88. The fraction of sp³-hybridized carbons (Fsp3) is 0.0476. The zero-order valence-corrected chi connectivity index (χ0v) is 13.3. The highest BCUT2D eigenvalue weighted by atomic mass is 15.1. The number of nitrogens with zero attached hydrogens (tertiary/aromatic N) is 2. The Bertz CT molecular complexity index is 834. The number of allylic oxidation sites excluding steroid dienone is 1. The highest BCUT2D eigenvalue weighted by Crippen LogP contribution is 2.23. The van der Waals surface area contributed by atoms with Gasteiger partial charge in [0, 0.05) is 5.69 Å². The molecule has 0 radical (unpaired) electrons. The summed E-state index contributed by atoms with van der Waals surface area (Å²) in [5, 5.41) is 8.67. The van der Waals surface area contributed by atoms with E-state index in [1.165, 1.54) is 5.56 Å². The average Bonchev–Trinajstić information content (AvgIpc) is 2.63. The molecule has 3 nitrogen and oxygen atoms in total. The molecule has 24 heavy (non-hydrogen) atoms. The van der Waals surface area contributed by atoms with Gasteiger partial charge < -0.3 is 5.73 Å². The molecule has 0 amide bonds. The molecular formula is C21H19N3. The molecule has 0 spiro atoms. The van der Waals surface area contributed by atoms with Crippen molar-refractivity contribution in [2.24, 2.45) is 10.2 Å². The molecule has 3 heteroatoms. The lowest BCUT2D eigenvalue weighted by atomic mass is 10.1. The highest BCUT2D eigenvalue weighted by molar-refractivity contribution is 5.53. The van der Waals surface area contributed by atoms with Gasteiger partial charge in [-0.3, -0.25) is 0 Å². The zero-order chi connectivity index (χ0) is 16.6. The van der Waals surface area contributed by atoms with Crippen LogP contribution in [0.4, 0.5) is 17.1 Å². The first-order valence-electron chi connectivity index (χ1n) is 7.88. The van der Waals surface area contributed by atoms with Gasteiger partial charge in [0.15, 0.2) is 0 Å². The highest BCUT2D eigenvalue weighted by Gasteiger charge is 1.99. The van der Waals surface area contributed by atoms with Crippen LogP contribution in [0.25, 0.3) is 6.08 Å². The predicted molar refractivity (Wildman–Crippen MR) is 101 cm³/mol. The van der Waals surface area contributed by atoms with E-state index in [9.17, 15) is 0 Å². The van der Waals surface area contributed by atoms with Gasteiger partial charge in [0.25, 0.3) is 0 Å². The molecule has 0 fully saturated rings. The largest absolute Gasteiger partial charge is 0.399 e. The normalized spacial score (nSPS) is 11.3. The van der Waals surface area contributed by atoms with Crippen molar-refractivity contribution in [2.75, 3.05) is 5.73 Å². The Labute approximate surface area is 142 Å². The van der Waals surface area contributed by atoms with Crippen LogP contribution in [-0.2, 0) is 6.42 Å². The van der Waals surface area contributed by atoms with E-state index in [1.54, 1.807) is 0 Å². The van der Waals surface area contributed by atoms with Crippen LogP contribution in [-0.4, -0.2) is 0 Å². The minimum atomic E-state index is 0.723. The summed E-state index contributed by atoms with van der Waals surface area (Å²) >= 11 is 0. The second-order valence-corrected chi connectivity index (χ2v) is 5.44. The molecular weight excluding hydrogens is 294 g/mol. The number of nitrogen functional groups attached to an aromatic ring is 1. The van der Waals surface area contributed by atoms with Crippen molar-refractivity contribution in [3.63, 3.8) is 0 Å². The molecule has 3 aromatic rings. The number of benzene rings is 3. The SMILES string of the molecule is Nc1ccc(N=Nc2ccccc2CC=Cc2ccccc2)cc1. The maximum absolute atomic E-state index is 5.68. The van der Waals surface area contributed by atoms with Gasteiger partial charge in [0.2, 0.25) is 0 Å². The number of hydrogen-bond donors (Lipinski definition) is 1. The molecule has 0 atom stereocenters. The summed E-state index contributed by atoms with van der Waals surface area (Å²) in [6.07, 6.45) is 5.08. The molecule has 0 heterocycles. The molecule has 0 aliphatic heterocycles. The van der Waals surface area contributed by atoms with Crippen molar-refractivity contribution in [1.29, 1.82) is 0 Å². The Morgan fingerprint density at radius 2 is 1.46 bits per heavy atom. The molecule has 3 aromatic carbocycles. The van der Waals surface area contributed by atoms with Gasteiger partial charge in [-0.2, -0.15) is 10.2 Å². The van der Waals surface area contributed by atoms with Gasteiger partial charge in [0.05, 0.1) is 11.4 Å². The zero-order valence-electron chi connectivity index (χ0n) is 13.3. The Balaban J connectivity index is 1.73. The molecule has 0 bridgehead atoms. The van der Waals surface area contributed by atoms with E-state index in [0.29, 0.717) is 0 Å². The van der Waals surface area contributed by atoms with Gasteiger partial charge in [-0.15, -0.1) is 0 Å². The van der Waals surface area contributed by atoms with E-state index < -0.39 is 0 Å². The molecule has 0 aromatic heterocycles. The van der Waals surface area contributed by atoms with Crippen molar-refractivity contribution < 1.29 is 0 Å². The fourth-order valence-corrected chi connectivity index (χ4v) is 2.32. The second-order valence-electron chi connectivity index (χ2n) is 5.44. The predicted octanol–water partition coefficient (Wildman–Crippen LogP) is 5.94. The number of hydrogen-bond acceptors (Lipinski definition) is 3. The Morgan fingerprint density at radius 3 is 2.25 bits per heavy atom.